The molecule has 1 aromatic rings. The molecule has 0 aliphatic rings. The van der Waals surface area contributed by atoms with Crippen molar-refractivity contribution in [3.05, 3.63) is 34.4 Å². The van der Waals surface area contributed by atoms with Gasteiger partial charge in [-0.05, 0) is 19.1 Å². The maximum atomic E-state index is 12.3. The molecule has 1 aromatic carbocycles. The standard InChI is InChI=1S/C14H14N2O7S/c1-3-8-15-13(17)9-23-14(18)10(2)24(21,22)12-6-4-11(5-7-12)16(19)20/h1,4-7,10H,8-9H2,2H3,(H,15,17)/t10-/m0/s1. The number of nitrogens with one attached hydrogen (secondary N) is 1. The highest BCUT2D eigenvalue weighted by molar-refractivity contribution is 7.92. The van der Waals surface area contributed by atoms with E-state index in [1.165, 1.54) is 0 Å². The summed E-state index contributed by atoms with van der Waals surface area (Å²) in [6.07, 6.45) is 4.94. The summed E-state index contributed by atoms with van der Waals surface area (Å²) in [6, 6.07) is 4.07. The van der Waals surface area contributed by atoms with Crippen LogP contribution < -0.4 is 5.32 Å². The molecule has 1 rings (SSSR count). The molecule has 0 fully saturated rings. The Labute approximate surface area is 138 Å². The number of carbonyl (C=O) groups is 2. The first-order chi connectivity index (χ1) is 11.2. The number of nitro groups is 1. The number of hydrogen-bond acceptors (Lipinski definition) is 7. The third-order valence-electron chi connectivity index (χ3n) is 2.91. The molecule has 1 N–H and O–H groups in total. The van der Waals surface area contributed by atoms with Crippen molar-refractivity contribution in [3.8, 4) is 12.3 Å². The number of hydrogen-bond donors (Lipinski definition) is 1. The monoisotopic (exact) mass is 354 g/mol. The summed E-state index contributed by atoms with van der Waals surface area (Å²) in [5.74, 6) is 0.364. The molecule has 0 spiro atoms. The number of amides is 1. The Kier molecular flexibility index (Phi) is 6.43. The topological polar surface area (TPSA) is 133 Å². The number of non-ortho nitro benzene ring substituents is 1. The maximum absolute atomic E-state index is 12.3. The summed E-state index contributed by atoms with van der Waals surface area (Å²) in [5.41, 5.74) is -0.283. The number of sulfone groups is 1. The van der Waals surface area contributed by atoms with Crippen molar-refractivity contribution in [2.24, 2.45) is 0 Å². The van der Waals surface area contributed by atoms with Crippen LogP contribution in [0.25, 0.3) is 0 Å². The first-order valence-corrected chi connectivity index (χ1v) is 8.10. The van der Waals surface area contributed by atoms with E-state index in [9.17, 15) is 28.1 Å². The van der Waals surface area contributed by atoms with E-state index < -0.39 is 38.5 Å². The Bertz CT molecular complexity index is 778. The predicted molar refractivity (Wildman–Crippen MR) is 82.5 cm³/mol. The van der Waals surface area contributed by atoms with Crippen LogP contribution in [-0.2, 0) is 24.2 Å². The van der Waals surface area contributed by atoms with E-state index in [1.54, 1.807) is 0 Å². The molecular weight excluding hydrogens is 340 g/mol. The zero-order chi connectivity index (χ0) is 18.3. The molecule has 0 aliphatic heterocycles. The van der Waals surface area contributed by atoms with Gasteiger partial charge in [-0.2, -0.15) is 0 Å². The summed E-state index contributed by atoms with van der Waals surface area (Å²) in [6.45, 7) is 0.381. The van der Waals surface area contributed by atoms with Crippen molar-refractivity contribution in [2.45, 2.75) is 17.1 Å². The quantitative estimate of drug-likeness (QED) is 0.316. The van der Waals surface area contributed by atoms with E-state index in [-0.39, 0.29) is 17.1 Å². The maximum Gasteiger partial charge on any atom is 0.324 e. The summed E-state index contributed by atoms with van der Waals surface area (Å²) >= 11 is 0. The highest BCUT2D eigenvalue weighted by Crippen LogP contribution is 2.20. The number of terminal acetylenes is 1. The zero-order valence-corrected chi connectivity index (χ0v) is 13.4. The molecule has 10 heteroatoms. The largest absolute Gasteiger partial charge is 0.455 e. The number of nitro benzene ring substituents is 1. The minimum atomic E-state index is -4.11. The van der Waals surface area contributed by atoms with Crippen LogP contribution in [0.1, 0.15) is 6.92 Å². The van der Waals surface area contributed by atoms with E-state index in [1.807, 2.05) is 0 Å². The second-order valence-electron chi connectivity index (χ2n) is 4.53. The van der Waals surface area contributed by atoms with E-state index in [4.69, 9.17) is 6.42 Å². The zero-order valence-electron chi connectivity index (χ0n) is 12.6. The van der Waals surface area contributed by atoms with Gasteiger partial charge in [0.1, 0.15) is 0 Å². The number of nitrogens with zero attached hydrogens (tertiary/aromatic N) is 1. The summed E-state index contributed by atoms with van der Waals surface area (Å²) in [4.78, 5) is 32.7. The molecule has 1 amide bonds. The van der Waals surface area contributed by atoms with Crippen LogP contribution in [0.4, 0.5) is 5.69 Å². The summed E-state index contributed by atoms with van der Waals surface area (Å²) in [7, 11) is -4.11. The van der Waals surface area contributed by atoms with Crippen molar-refractivity contribution in [3.63, 3.8) is 0 Å². The van der Waals surface area contributed by atoms with Crippen molar-refractivity contribution >= 4 is 27.4 Å². The Morgan fingerprint density at radius 1 is 1.38 bits per heavy atom. The molecule has 9 nitrogen and oxygen atoms in total. The van der Waals surface area contributed by atoms with Gasteiger partial charge in [0, 0.05) is 12.1 Å². The molecule has 0 bridgehead atoms. The van der Waals surface area contributed by atoms with E-state index >= 15 is 0 Å². The van der Waals surface area contributed by atoms with Gasteiger partial charge in [0.2, 0.25) is 0 Å². The highest BCUT2D eigenvalue weighted by atomic mass is 32.2. The Balaban J connectivity index is 2.79. The minimum Gasteiger partial charge on any atom is -0.455 e. The Morgan fingerprint density at radius 3 is 2.46 bits per heavy atom. The first kappa shape index (κ1) is 19.1. The van der Waals surface area contributed by atoms with E-state index in [0.717, 1.165) is 31.2 Å². The van der Waals surface area contributed by atoms with Crippen molar-refractivity contribution < 1.29 is 27.7 Å². The average molecular weight is 354 g/mol. The van der Waals surface area contributed by atoms with Gasteiger partial charge >= 0.3 is 5.97 Å². The number of ether oxygens (including phenoxy) is 1. The molecule has 1 atom stereocenters. The lowest BCUT2D eigenvalue weighted by Crippen LogP contribution is -2.34. The Hall–Kier alpha value is -2.93. The normalized spacial score (nSPS) is 11.8. The summed E-state index contributed by atoms with van der Waals surface area (Å²) < 4.78 is 29.2. The van der Waals surface area contributed by atoms with Crippen molar-refractivity contribution in [1.29, 1.82) is 0 Å². The van der Waals surface area contributed by atoms with E-state index in [0.29, 0.717) is 0 Å². The number of benzene rings is 1. The lowest BCUT2D eigenvalue weighted by Gasteiger charge is -2.12. The van der Waals surface area contributed by atoms with Gasteiger partial charge in [0.15, 0.2) is 21.7 Å². The number of esters is 1. The van der Waals surface area contributed by atoms with Crippen LogP contribution in [0.15, 0.2) is 29.2 Å². The van der Waals surface area contributed by atoms with E-state index in [2.05, 4.69) is 16.0 Å². The lowest BCUT2D eigenvalue weighted by atomic mass is 10.3. The van der Waals surface area contributed by atoms with Crippen LogP contribution in [0.2, 0.25) is 0 Å². The van der Waals surface area contributed by atoms with Crippen LogP contribution in [0.5, 0.6) is 0 Å². The van der Waals surface area contributed by atoms with Gasteiger partial charge in [-0.3, -0.25) is 19.7 Å². The van der Waals surface area contributed by atoms with Crippen LogP contribution in [-0.4, -0.2) is 43.6 Å². The second-order valence-corrected chi connectivity index (χ2v) is 6.80. The fraction of sp³-hybridized carbons (Fsp3) is 0.286. The molecular formula is C14H14N2O7S. The van der Waals surface area contributed by atoms with Gasteiger partial charge in [-0.1, -0.05) is 5.92 Å². The fourth-order valence-electron chi connectivity index (χ4n) is 1.54. The van der Waals surface area contributed by atoms with Gasteiger partial charge < -0.3 is 10.1 Å². The van der Waals surface area contributed by atoms with Gasteiger partial charge in [0.25, 0.3) is 11.6 Å². The third-order valence-corrected chi connectivity index (χ3v) is 4.96. The Morgan fingerprint density at radius 2 is 1.96 bits per heavy atom. The molecule has 0 aliphatic carbocycles. The second kappa shape index (κ2) is 8.07. The molecule has 0 saturated carbocycles. The van der Waals surface area contributed by atoms with Gasteiger partial charge in [0.05, 0.1) is 16.4 Å². The van der Waals surface area contributed by atoms with Gasteiger partial charge in [-0.25, -0.2) is 8.42 Å². The first-order valence-electron chi connectivity index (χ1n) is 6.55. The lowest BCUT2D eigenvalue weighted by molar-refractivity contribution is -0.384. The molecule has 128 valence electrons. The molecule has 0 unspecified atom stereocenters. The van der Waals surface area contributed by atoms with Crippen molar-refractivity contribution in [1.82, 2.24) is 5.32 Å². The molecule has 0 radical (unpaired) electrons. The molecule has 0 aromatic heterocycles. The highest BCUT2D eigenvalue weighted by Gasteiger charge is 2.31. The minimum absolute atomic E-state index is 0.0486. The number of rotatable bonds is 7. The molecule has 0 saturated heterocycles. The fourth-order valence-corrected chi connectivity index (χ4v) is 2.79. The average Bonchev–Trinajstić information content (AvgIpc) is 2.56. The number of carbonyl (C=O) groups excluding carboxylic acids is 2. The SMILES string of the molecule is C#CCNC(=O)COC(=O)[C@H](C)S(=O)(=O)c1ccc([N+](=O)[O-])cc1. The molecule has 24 heavy (non-hydrogen) atoms. The van der Waals surface area contributed by atoms with Crippen LogP contribution in [0.3, 0.4) is 0 Å². The van der Waals surface area contributed by atoms with Crippen LogP contribution in [0, 0.1) is 22.5 Å². The third kappa shape index (κ3) is 4.79. The predicted octanol–water partition coefficient (Wildman–Crippen LogP) is 0.0496. The van der Waals surface area contributed by atoms with Crippen LogP contribution >= 0.6 is 0 Å². The molecule has 0 heterocycles. The van der Waals surface area contributed by atoms with Crippen molar-refractivity contribution in [2.75, 3.05) is 13.2 Å². The smallest absolute Gasteiger partial charge is 0.324 e. The van der Waals surface area contributed by atoms with Gasteiger partial charge in [-0.15, -0.1) is 6.42 Å². The summed E-state index contributed by atoms with van der Waals surface area (Å²) in [5, 5.41) is 11.2.